The van der Waals surface area contributed by atoms with Crippen molar-refractivity contribution in [1.82, 2.24) is 10.2 Å². The molecule has 0 aromatic carbocycles. The van der Waals surface area contributed by atoms with Gasteiger partial charge < -0.3 is 19.7 Å². The molecule has 0 spiro atoms. The van der Waals surface area contributed by atoms with Gasteiger partial charge in [0.25, 0.3) is 0 Å². The number of nitrogens with zero attached hydrogens (tertiary/aromatic N) is 1. The molecule has 2 aliphatic rings. The minimum Gasteiger partial charge on any atom is -0.444 e. The Balaban J connectivity index is 1.79. The van der Waals surface area contributed by atoms with Crippen LogP contribution in [0.25, 0.3) is 0 Å². The van der Waals surface area contributed by atoms with Crippen LogP contribution in [0.2, 0.25) is 0 Å². The van der Waals surface area contributed by atoms with Gasteiger partial charge in [-0.3, -0.25) is 0 Å². The molecule has 0 bridgehead atoms. The lowest BCUT2D eigenvalue weighted by Gasteiger charge is -2.38. The fraction of sp³-hybridized carbons (Fsp3) is 0.941. The van der Waals surface area contributed by atoms with E-state index in [2.05, 4.69) is 12.2 Å². The van der Waals surface area contributed by atoms with E-state index < -0.39 is 5.60 Å². The molecule has 2 fully saturated rings. The van der Waals surface area contributed by atoms with Gasteiger partial charge >= 0.3 is 6.09 Å². The Morgan fingerprint density at radius 1 is 1.36 bits per heavy atom. The Morgan fingerprint density at radius 2 is 2.05 bits per heavy atom. The number of piperidine rings is 1. The number of hydrogen-bond donors (Lipinski definition) is 1. The van der Waals surface area contributed by atoms with E-state index in [-0.39, 0.29) is 11.6 Å². The first-order valence-electron chi connectivity index (χ1n) is 8.58. The van der Waals surface area contributed by atoms with Crippen LogP contribution in [-0.4, -0.2) is 55.0 Å². The maximum Gasteiger partial charge on any atom is 0.410 e. The van der Waals surface area contributed by atoms with E-state index in [9.17, 15) is 4.79 Å². The predicted molar refractivity (Wildman–Crippen MR) is 87.0 cm³/mol. The summed E-state index contributed by atoms with van der Waals surface area (Å²) in [5.74, 6) is 0.515. The average Bonchev–Trinajstić information content (AvgIpc) is 2.45. The number of rotatable bonds is 3. The molecule has 2 saturated heterocycles. The summed E-state index contributed by atoms with van der Waals surface area (Å²) in [6.45, 7) is 12.3. The number of amides is 1. The van der Waals surface area contributed by atoms with Gasteiger partial charge in [-0.25, -0.2) is 4.79 Å². The molecule has 2 heterocycles. The van der Waals surface area contributed by atoms with Crippen molar-refractivity contribution in [3.63, 3.8) is 0 Å². The molecule has 128 valence electrons. The minimum atomic E-state index is -0.419. The highest BCUT2D eigenvalue weighted by atomic mass is 16.6. The molecule has 1 amide bonds. The van der Waals surface area contributed by atoms with Gasteiger partial charge in [-0.15, -0.1) is 0 Å². The van der Waals surface area contributed by atoms with Crippen molar-refractivity contribution in [2.45, 2.75) is 64.5 Å². The van der Waals surface area contributed by atoms with Gasteiger partial charge in [0, 0.05) is 38.4 Å². The van der Waals surface area contributed by atoms with Crippen molar-refractivity contribution in [2.75, 3.05) is 32.8 Å². The molecule has 5 heteroatoms. The summed E-state index contributed by atoms with van der Waals surface area (Å²) in [6.07, 6.45) is 4.20. The van der Waals surface area contributed by atoms with Crippen LogP contribution in [0.15, 0.2) is 0 Å². The quantitative estimate of drug-likeness (QED) is 0.870. The fourth-order valence-electron chi connectivity index (χ4n) is 3.11. The molecule has 0 aliphatic carbocycles. The van der Waals surface area contributed by atoms with Crippen LogP contribution in [-0.2, 0) is 9.47 Å². The van der Waals surface area contributed by atoms with E-state index >= 15 is 0 Å². The second kappa shape index (κ2) is 7.18. The van der Waals surface area contributed by atoms with Gasteiger partial charge in [0.15, 0.2) is 0 Å². The van der Waals surface area contributed by atoms with E-state index in [0.29, 0.717) is 5.92 Å². The number of likely N-dealkylation sites (tertiary alicyclic amines) is 1. The Hall–Kier alpha value is -0.810. The lowest BCUT2D eigenvalue weighted by molar-refractivity contribution is 0.0147. The number of ether oxygens (including phenoxy) is 2. The van der Waals surface area contributed by atoms with Crippen LogP contribution in [0.5, 0.6) is 0 Å². The van der Waals surface area contributed by atoms with E-state index in [4.69, 9.17) is 9.47 Å². The van der Waals surface area contributed by atoms with Gasteiger partial charge in [0.05, 0.1) is 0 Å². The van der Waals surface area contributed by atoms with Crippen molar-refractivity contribution in [3.05, 3.63) is 0 Å². The second-order valence-electron chi connectivity index (χ2n) is 7.99. The Morgan fingerprint density at radius 3 is 2.68 bits per heavy atom. The molecule has 0 saturated carbocycles. The zero-order valence-corrected chi connectivity index (χ0v) is 14.6. The monoisotopic (exact) mass is 312 g/mol. The number of hydrogen-bond acceptors (Lipinski definition) is 4. The van der Waals surface area contributed by atoms with Crippen LogP contribution in [0.3, 0.4) is 0 Å². The van der Waals surface area contributed by atoms with Crippen LogP contribution < -0.4 is 5.32 Å². The van der Waals surface area contributed by atoms with Crippen LogP contribution >= 0.6 is 0 Å². The number of carbonyl (C=O) groups excluding carboxylic acids is 1. The molecule has 2 aliphatic heterocycles. The minimum absolute atomic E-state index is 0.172. The Bertz CT molecular complexity index is 373. The second-order valence-corrected chi connectivity index (χ2v) is 7.99. The summed E-state index contributed by atoms with van der Waals surface area (Å²) in [5.41, 5.74) is -0.232. The summed E-state index contributed by atoms with van der Waals surface area (Å²) in [6, 6.07) is 0. The van der Waals surface area contributed by atoms with Gasteiger partial charge in [-0.05, 0) is 59.3 Å². The van der Waals surface area contributed by atoms with Crippen LogP contribution in [0.4, 0.5) is 4.79 Å². The molecule has 1 atom stereocenters. The van der Waals surface area contributed by atoms with E-state index in [1.807, 2.05) is 25.7 Å². The molecular weight excluding hydrogens is 280 g/mol. The Labute approximate surface area is 134 Å². The first kappa shape index (κ1) is 17.5. The highest BCUT2D eigenvalue weighted by molar-refractivity contribution is 5.68. The third kappa shape index (κ3) is 5.43. The lowest BCUT2D eigenvalue weighted by Crippen LogP contribution is -2.51. The van der Waals surface area contributed by atoms with Crippen LogP contribution in [0.1, 0.15) is 53.4 Å². The summed E-state index contributed by atoms with van der Waals surface area (Å²) in [7, 11) is 0. The molecule has 0 radical (unpaired) electrons. The predicted octanol–water partition coefficient (Wildman–Crippen LogP) is 2.79. The zero-order valence-electron chi connectivity index (χ0n) is 14.6. The fourth-order valence-corrected chi connectivity index (χ4v) is 3.11. The molecule has 0 aromatic rings. The van der Waals surface area contributed by atoms with E-state index in [1.165, 1.54) is 6.42 Å². The molecule has 5 nitrogen and oxygen atoms in total. The Kier molecular flexibility index (Phi) is 5.72. The van der Waals surface area contributed by atoms with E-state index in [1.54, 1.807) is 0 Å². The van der Waals surface area contributed by atoms with Crippen molar-refractivity contribution in [3.8, 4) is 0 Å². The number of carbonyl (C=O) groups is 1. The smallest absolute Gasteiger partial charge is 0.410 e. The third-order valence-electron chi connectivity index (χ3n) is 4.58. The third-order valence-corrected chi connectivity index (χ3v) is 4.58. The normalized spacial score (nSPS) is 25.8. The molecular formula is C17H32N2O3. The van der Waals surface area contributed by atoms with Gasteiger partial charge in [0.1, 0.15) is 5.60 Å². The zero-order chi connectivity index (χ0) is 16.2. The molecule has 2 rings (SSSR count). The van der Waals surface area contributed by atoms with Crippen molar-refractivity contribution in [1.29, 1.82) is 0 Å². The largest absolute Gasteiger partial charge is 0.444 e. The number of nitrogens with one attached hydrogen (secondary N) is 1. The van der Waals surface area contributed by atoms with E-state index in [0.717, 1.165) is 52.1 Å². The van der Waals surface area contributed by atoms with Crippen LogP contribution in [0, 0.1) is 5.92 Å². The van der Waals surface area contributed by atoms with Gasteiger partial charge in [0.2, 0.25) is 0 Å². The molecule has 22 heavy (non-hydrogen) atoms. The summed E-state index contributed by atoms with van der Waals surface area (Å²) >= 11 is 0. The molecule has 0 aromatic heterocycles. The topological polar surface area (TPSA) is 50.8 Å². The van der Waals surface area contributed by atoms with Gasteiger partial charge in [-0.1, -0.05) is 0 Å². The summed E-state index contributed by atoms with van der Waals surface area (Å²) in [5, 5.41) is 3.72. The first-order valence-corrected chi connectivity index (χ1v) is 8.58. The SMILES string of the molecule is CC1(NCC2CCCN(C(=O)OC(C)(C)C)C2)CCOCC1. The van der Waals surface area contributed by atoms with Crippen molar-refractivity contribution in [2.24, 2.45) is 5.92 Å². The van der Waals surface area contributed by atoms with Gasteiger partial charge in [-0.2, -0.15) is 0 Å². The average molecular weight is 312 g/mol. The van der Waals surface area contributed by atoms with Crippen molar-refractivity contribution < 1.29 is 14.3 Å². The maximum atomic E-state index is 12.2. The van der Waals surface area contributed by atoms with Crippen molar-refractivity contribution >= 4 is 6.09 Å². The standard InChI is InChI=1S/C17H32N2O3/c1-16(2,3)22-15(20)19-9-5-6-14(13-19)12-18-17(4)7-10-21-11-8-17/h14,18H,5-13H2,1-4H3. The highest BCUT2D eigenvalue weighted by Gasteiger charge is 2.31. The summed E-state index contributed by atoms with van der Waals surface area (Å²) in [4.78, 5) is 14.1. The lowest BCUT2D eigenvalue weighted by atomic mass is 9.90. The molecule has 1 unspecified atom stereocenters. The maximum absolute atomic E-state index is 12.2. The summed E-state index contributed by atoms with van der Waals surface area (Å²) < 4.78 is 10.9. The molecule has 1 N–H and O–H groups in total. The first-order chi connectivity index (χ1) is 10.3. The highest BCUT2D eigenvalue weighted by Crippen LogP contribution is 2.23.